The maximum Gasteiger partial charge on any atom is 0.0224 e. The lowest BCUT2D eigenvalue weighted by Crippen LogP contribution is -2.51. The minimum atomic E-state index is 0.889. The highest BCUT2D eigenvalue weighted by Crippen LogP contribution is 2.25. The first kappa shape index (κ1) is 16.3. The molecule has 0 amide bonds. The van der Waals surface area contributed by atoms with Gasteiger partial charge in [-0.15, -0.1) is 0 Å². The number of fused-ring (bicyclic) bond motifs is 1. The van der Waals surface area contributed by atoms with Crippen LogP contribution < -0.4 is 0 Å². The van der Waals surface area contributed by atoms with Crippen molar-refractivity contribution in [3.05, 3.63) is 0 Å². The fraction of sp³-hybridized carbons (Fsp3) is 1.00. The van der Waals surface area contributed by atoms with Gasteiger partial charge in [0.1, 0.15) is 0 Å². The van der Waals surface area contributed by atoms with Gasteiger partial charge in [-0.3, -0.25) is 4.90 Å². The van der Waals surface area contributed by atoms with E-state index < -0.39 is 0 Å². The van der Waals surface area contributed by atoms with Gasteiger partial charge in [-0.1, -0.05) is 0 Å². The van der Waals surface area contributed by atoms with Crippen molar-refractivity contribution < 1.29 is 0 Å². The molecule has 0 aromatic heterocycles. The second kappa shape index (κ2) is 7.38. The van der Waals surface area contributed by atoms with Crippen LogP contribution in [0.4, 0.5) is 0 Å². The Morgan fingerprint density at radius 1 is 0.696 bits per heavy atom. The summed E-state index contributed by atoms with van der Waals surface area (Å²) in [7, 11) is 2.27. The van der Waals surface area contributed by atoms with Crippen LogP contribution in [0.1, 0.15) is 32.1 Å². The van der Waals surface area contributed by atoms with Gasteiger partial charge in [-0.05, 0) is 77.2 Å². The quantitative estimate of drug-likeness (QED) is 0.777. The summed E-state index contributed by atoms with van der Waals surface area (Å²) in [6.07, 6.45) is 7.16. The molecule has 0 aromatic rings. The molecule has 0 bridgehead atoms. The zero-order valence-corrected chi connectivity index (χ0v) is 15.1. The van der Waals surface area contributed by atoms with E-state index in [9.17, 15) is 0 Å². The summed E-state index contributed by atoms with van der Waals surface area (Å²) in [6.45, 7) is 13.5. The average Bonchev–Trinajstić information content (AvgIpc) is 3.18. The number of piperidine rings is 1. The molecule has 4 aliphatic rings. The van der Waals surface area contributed by atoms with Crippen LogP contribution in [-0.2, 0) is 0 Å². The standard InChI is InChI=1S/C19H36N4/c1-20-8-4-17(5-9-20)13-21-10-6-18(14-21)15-22-11-12-23-7-2-3-19(23)16-22/h17-19H,2-16H2,1H3. The van der Waals surface area contributed by atoms with Gasteiger partial charge in [0.2, 0.25) is 0 Å². The van der Waals surface area contributed by atoms with Gasteiger partial charge in [-0.25, -0.2) is 0 Å². The molecule has 0 N–H and O–H groups in total. The molecule has 4 heterocycles. The Morgan fingerprint density at radius 3 is 2.30 bits per heavy atom. The van der Waals surface area contributed by atoms with Gasteiger partial charge >= 0.3 is 0 Å². The average molecular weight is 321 g/mol. The third-order valence-electron chi connectivity index (χ3n) is 6.91. The van der Waals surface area contributed by atoms with Gasteiger partial charge in [-0.2, -0.15) is 0 Å². The highest BCUT2D eigenvalue weighted by Gasteiger charge is 2.33. The second-order valence-corrected chi connectivity index (χ2v) is 8.75. The summed E-state index contributed by atoms with van der Waals surface area (Å²) in [6, 6.07) is 0.889. The van der Waals surface area contributed by atoms with E-state index in [1.807, 2.05) is 0 Å². The molecule has 4 saturated heterocycles. The fourth-order valence-electron chi connectivity index (χ4n) is 5.42. The van der Waals surface area contributed by atoms with Crippen molar-refractivity contribution in [2.75, 3.05) is 72.5 Å². The molecule has 2 atom stereocenters. The Bertz CT molecular complexity index is 380. The van der Waals surface area contributed by atoms with E-state index in [2.05, 4.69) is 26.6 Å². The predicted octanol–water partition coefficient (Wildman–Crippen LogP) is 1.43. The fourth-order valence-corrected chi connectivity index (χ4v) is 5.42. The van der Waals surface area contributed by atoms with Crippen molar-refractivity contribution in [3.8, 4) is 0 Å². The third-order valence-corrected chi connectivity index (χ3v) is 6.91. The number of rotatable bonds is 4. The van der Waals surface area contributed by atoms with Crippen molar-refractivity contribution in [1.82, 2.24) is 19.6 Å². The molecule has 0 aromatic carbocycles. The van der Waals surface area contributed by atoms with Crippen molar-refractivity contribution in [2.45, 2.75) is 38.1 Å². The van der Waals surface area contributed by atoms with E-state index >= 15 is 0 Å². The Kier molecular flexibility index (Phi) is 5.24. The Hall–Kier alpha value is -0.160. The number of hydrogen-bond donors (Lipinski definition) is 0. The maximum atomic E-state index is 2.79. The van der Waals surface area contributed by atoms with Gasteiger partial charge in [0, 0.05) is 45.3 Å². The van der Waals surface area contributed by atoms with Gasteiger partial charge < -0.3 is 14.7 Å². The molecule has 0 aliphatic carbocycles. The molecule has 4 fully saturated rings. The van der Waals surface area contributed by atoms with Crippen LogP contribution in [-0.4, -0.2) is 98.1 Å². The van der Waals surface area contributed by atoms with E-state index in [1.165, 1.54) is 97.6 Å². The van der Waals surface area contributed by atoms with Crippen LogP contribution in [0.5, 0.6) is 0 Å². The van der Waals surface area contributed by atoms with Gasteiger partial charge in [0.25, 0.3) is 0 Å². The molecule has 0 spiro atoms. The Balaban J connectivity index is 1.18. The summed E-state index contributed by atoms with van der Waals surface area (Å²) in [5.41, 5.74) is 0. The summed E-state index contributed by atoms with van der Waals surface area (Å²) in [5.74, 6) is 1.90. The van der Waals surface area contributed by atoms with Crippen molar-refractivity contribution in [2.24, 2.45) is 11.8 Å². The smallest absolute Gasteiger partial charge is 0.0224 e. The summed E-state index contributed by atoms with van der Waals surface area (Å²) in [5, 5.41) is 0. The van der Waals surface area contributed by atoms with E-state index in [0.29, 0.717) is 0 Å². The zero-order chi connectivity index (χ0) is 15.6. The largest absolute Gasteiger partial charge is 0.306 e. The topological polar surface area (TPSA) is 13.0 Å². The number of piperazine rings is 1. The SMILES string of the molecule is CN1CCC(CN2CCC(CN3CCN4CCCC4C3)C2)CC1. The van der Waals surface area contributed by atoms with Gasteiger partial charge in [0.05, 0.1) is 0 Å². The molecule has 2 unspecified atom stereocenters. The number of nitrogens with zero attached hydrogens (tertiary/aromatic N) is 4. The van der Waals surface area contributed by atoms with Crippen molar-refractivity contribution >= 4 is 0 Å². The number of hydrogen-bond acceptors (Lipinski definition) is 4. The predicted molar refractivity (Wildman–Crippen MR) is 95.8 cm³/mol. The molecular weight excluding hydrogens is 284 g/mol. The second-order valence-electron chi connectivity index (χ2n) is 8.75. The molecule has 4 heteroatoms. The van der Waals surface area contributed by atoms with E-state index in [4.69, 9.17) is 0 Å². The molecule has 4 nitrogen and oxygen atoms in total. The minimum absolute atomic E-state index is 0.889. The summed E-state index contributed by atoms with van der Waals surface area (Å²) >= 11 is 0. The van der Waals surface area contributed by atoms with Crippen LogP contribution in [0.15, 0.2) is 0 Å². The minimum Gasteiger partial charge on any atom is -0.306 e. The molecular formula is C19H36N4. The molecule has 0 saturated carbocycles. The highest BCUT2D eigenvalue weighted by atomic mass is 15.3. The molecule has 4 aliphatic heterocycles. The molecule has 4 rings (SSSR count). The zero-order valence-electron chi connectivity index (χ0n) is 15.1. The monoisotopic (exact) mass is 320 g/mol. The lowest BCUT2D eigenvalue weighted by molar-refractivity contribution is 0.0915. The Morgan fingerprint density at radius 2 is 1.43 bits per heavy atom. The van der Waals surface area contributed by atoms with Crippen LogP contribution >= 0.6 is 0 Å². The van der Waals surface area contributed by atoms with Gasteiger partial charge in [0.15, 0.2) is 0 Å². The number of likely N-dealkylation sites (tertiary alicyclic amines) is 2. The molecule has 23 heavy (non-hydrogen) atoms. The third kappa shape index (κ3) is 4.09. The van der Waals surface area contributed by atoms with E-state index in [0.717, 1.165) is 17.9 Å². The summed E-state index contributed by atoms with van der Waals surface area (Å²) < 4.78 is 0. The first-order valence-corrected chi connectivity index (χ1v) is 10.1. The van der Waals surface area contributed by atoms with Crippen LogP contribution in [0.25, 0.3) is 0 Å². The first-order valence-electron chi connectivity index (χ1n) is 10.1. The molecule has 132 valence electrons. The Labute approximate surface area is 142 Å². The summed E-state index contributed by atoms with van der Waals surface area (Å²) in [4.78, 5) is 10.8. The van der Waals surface area contributed by atoms with Crippen molar-refractivity contribution in [1.29, 1.82) is 0 Å². The normalized spacial score (nSPS) is 35.9. The van der Waals surface area contributed by atoms with E-state index in [1.54, 1.807) is 0 Å². The maximum absolute atomic E-state index is 2.79. The van der Waals surface area contributed by atoms with Crippen LogP contribution in [0.2, 0.25) is 0 Å². The lowest BCUT2D eigenvalue weighted by atomic mass is 9.96. The molecule has 0 radical (unpaired) electrons. The van der Waals surface area contributed by atoms with Crippen LogP contribution in [0.3, 0.4) is 0 Å². The van der Waals surface area contributed by atoms with Crippen LogP contribution in [0, 0.1) is 11.8 Å². The highest BCUT2D eigenvalue weighted by molar-refractivity contribution is 4.89. The first-order chi connectivity index (χ1) is 11.3. The lowest BCUT2D eigenvalue weighted by Gasteiger charge is -2.38. The van der Waals surface area contributed by atoms with E-state index in [-0.39, 0.29) is 0 Å². The van der Waals surface area contributed by atoms with Crippen molar-refractivity contribution in [3.63, 3.8) is 0 Å².